The molecule has 0 saturated carbocycles. The van der Waals surface area contributed by atoms with Crippen molar-refractivity contribution in [3.63, 3.8) is 0 Å². The molecule has 2 aliphatic heterocycles. The van der Waals surface area contributed by atoms with Crippen LogP contribution >= 0.6 is 0 Å². The normalized spacial score (nSPS) is 20.3. The first-order chi connectivity index (χ1) is 16.2. The highest BCUT2D eigenvalue weighted by atomic mass is 32.2. The predicted molar refractivity (Wildman–Crippen MR) is 125 cm³/mol. The summed E-state index contributed by atoms with van der Waals surface area (Å²) in [6.07, 6.45) is 4.80. The minimum absolute atomic E-state index is 0.107. The lowest BCUT2D eigenvalue weighted by atomic mass is 9.87. The average molecular weight is 484 g/mol. The number of hydrogen-bond acceptors (Lipinski definition) is 5. The SMILES string of the molecule is CC(C(=O)O)c1c(/C=C2\C(=O)Nc3ccc(S(=O)(=O)N4CCCC4)cc32)[nH]c2c1C(=O)CCC2. The molecule has 1 aliphatic carbocycles. The van der Waals surface area contributed by atoms with Crippen molar-refractivity contribution < 1.29 is 27.9 Å². The molecule has 0 radical (unpaired) electrons. The number of sulfonamides is 1. The van der Waals surface area contributed by atoms with E-state index in [0.717, 1.165) is 12.8 Å². The Bertz CT molecular complexity index is 1370. The van der Waals surface area contributed by atoms with Gasteiger partial charge in [-0.15, -0.1) is 0 Å². The molecular formula is C24H25N3O6S. The van der Waals surface area contributed by atoms with E-state index in [4.69, 9.17) is 0 Å². The van der Waals surface area contributed by atoms with Crippen molar-refractivity contribution in [2.24, 2.45) is 0 Å². The molecule has 1 fully saturated rings. The predicted octanol–water partition coefficient (Wildman–Crippen LogP) is 3.00. The number of aromatic amines is 1. The Labute approximate surface area is 196 Å². The molecule has 3 N–H and O–H groups in total. The van der Waals surface area contributed by atoms with Gasteiger partial charge in [0.2, 0.25) is 10.0 Å². The number of carbonyl (C=O) groups is 3. The lowest BCUT2D eigenvalue weighted by molar-refractivity contribution is -0.138. The summed E-state index contributed by atoms with van der Waals surface area (Å²) >= 11 is 0. The van der Waals surface area contributed by atoms with Gasteiger partial charge in [0.1, 0.15) is 0 Å². The molecule has 0 spiro atoms. The van der Waals surface area contributed by atoms with Crippen molar-refractivity contribution in [2.75, 3.05) is 18.4 Å². The van der Waals surface area contributed by atoms with Crippen LogP contribution in [0.2, 0.25) is 0 Å². The molecule has 1 saturated heterocycles. The molecule has 1 amide bonds. The molecule has 3 heterocycles. The Morgan fingerprint density at radius 3 is 2.59 bits per heavy atom. The number of hydrogen-bond donors (Lipinski definition) is 3. The zero-order valence-corrected chi connectivity index (χ0v) is 19.5. The van der Waals surface area contributed by atoms with Crippen LogP contribution in [0.3, 0.4) is 0 Å². The standard InChI is InChI=1S/C24H25N3O6S/c1-13(24(30)31)21-19(25-18-5-4-6-20(28)22(18)21)12-16-15-11-14(7-8-17(15)26-23(16)29)34(32,33)27-9-2-3-10-27/h7-8,11-13,25H,2-6,9-10H2,1H3,(H,26,29)(H,30,31)/b16-12-. The van der Waals surface area contributed by atoms with E-state index in [2.05, 4.69) is 10.3 Å². The number of aryl methyl sites for hydroxylation is 1. The number of nitrogens with one attached hydrogen (secondary N) is 2. The summed E-state index contributed by atoms with van der Waals surface area (Å²) < 4.78 is 27.6. The van der Waals surface area contributed by atoms with Crippen LogP contribution in [0.5, 0.6) is 0 Å². The van der Waals surface area contributed by atoms with Crippen LogP contribution < -0.4 is 5.32 Å². The van der Waals surface area contributed by atoms with E-state index < -0.39 is 27.8 Å². The second kappa shape index (κ2) is 8.21. The van der Waals surface area contributed by atoms with Crippen LogP contribution in [-0.2, 0) is 26.0 Å². The van der Waals surface area contributed by atoms with Gasteiger partial charge in [-0.05, 0) is 56.9 Å². The van der Waals surface area contributed by atoms with Crippen LogP contribution in [0, 0.1) is 0 Å². The number of aliphatic carboxylic acids is 1. The van der Waals surface area contributed by atoms with Gasteiger partial charge in [0.05, 0.1) is 16.4 Å². The molecule has 2 aromatic rings. The first kappa shape index (κ1) is 22.5. The summed E-state index contributed by atoms with van der Waals surface area (Å²) in [5, 5.41) is 12.4. The first-order valence-corrected chi connectivity index (χ1v) is 12.8. The molecule has 1 aromatic heterocycles. The van der Waals surface area contributed by atoms with Crippen molar-refractivity contribution in [3.05, 3.63) is 46.3 Å². The van der Waals surface area contributed by atoms with Gasteiger partial charge >= 0.3 is 5.97 Å². The summed E-state index contributed by atoms with van der Waals surface area (Å²) in [6, 6.07) is 4.54. The summed E-state index contributed by atoms with van der Waals surface area (Å²) in [4.78, 5) is 40.6. The number of amides is 1. The lowest BCUT2D eigenvalue weighted by Gasteiger charge is -2.16. The summed E-state index contributed by atoms with van der Waals surface area (Å²) in [6.45, 7) is 2.45. The highest BCUT2D eigenvalue weighted by Gasteiger charge is 2.34. The number of rotatable bonds is 5. The fourth-order valence-corrected chi connectivity index (χ4v) is 6.57. The van der Waals surface area contributed by atoms with Gasteiger partial charge in [-0.25, -0.2) is 8.42 Å². The molecule has 1 atom stereocenters. The monoisotopic (exact) mass is 483 g/mol. The molecular weight excluding hydrogens is 458 g/mol. The van der Waals surface area contributed by atoms with Gasteiger partial charge in [-0.1, -0.05) is 0 Å². The van der Waals surface area contributed by atoms with Gasteiger partial charge < -0.3 is 15.4 Å². The molecule has 1 aromatic carbocycles. The number of Topliss-reactive ketones (excluding diaryl/α,β-unsaturated/α-hetero) is 1. The third kappa shape index (κ3) is 3.57. The highest BCUT2D eigenvalue weighted by molar-refractivity contribution is 7.89. The summed E-state index contributed by atoms with van der Waals surface area (Å²) in [7, 11) is -3.68. The number of ketones is 1. The molecule has 0 bridgehead atoms. The number of carboxylic acids is 1. The molecule has 10 heteroatoms. The van der Waals surface area contributed by atoms with Crippen molar-refractivity contribution in [1.29, 1.82) is 0 Å². The molecule has 9 nitrogen and oxygen atoms in total. The minimum Gasteiger partial charge on any atom is -0.481 e. The number of benzene rings is 1. The van der Waals surface area contributed by atoms with Gasteiger partial charge in [0, 0.05) is 53.3 Å². The number of anilines is 1. The van der Waals surface area contributed by atoms with Crippen molar-refractivity contribution in [3.8, 4) is 0 Å². The van der Waals surface area contributed by atoms with Crippen molar-refractivity contribution >= 4 is 45.0 Å². The molecule has 5 rings (SSSR count). The summed E-state index contributed by atoms with van der Waals surface area (Å²) in [5.41, 5.74) is 2.96. The number of aromatic nitrogens is 1. The minimum atomic E-state index is -3.68. The Hall–Kier alpha value is -3.24. The van der Waals surface area contributed by atoms with E-state index in [1.165, 1.54) is 29.4 Å². The highest BCUT2D eigenvalue weighted by Crippen LogP contribution is 2.39. The lowest BCUT2D eigenvalue weighted by Crippen LogP contribution is -2.27. The number of H-pyrrole nitrogens is 1. The van der Waals surface area contributed by atoms with E-state index >= 15 is 0 Å². The van der Waals surface area contributed by atoms with E-state index in [0.29, 0.717) is 66.1 Å². The largest absolute Gasteiger partial charge is 0.481 e. The van der Waals surface area contributed by atoms with Gasteiger partial charge in [0.25, 0.3) is 5.91 Å². The number of fused-ring (bicyclic) bond motifs is 2. The van der Waals surface area contributed by atoms with Crippen molar-refractivity contribution in [2.45, 2.75) is 49.8 Å². The van der Waals surface area contributed by atoms with Gasteiger partial charge in [-0.2, -0.15) is 4.31 Å². The third-order valence-electron chi connectivity index (χ3n) is 6.83. The van der Waals surface area contributed by atoms with Crippen LogP contribution in [0.15, 0.2) is 23.1 Å². The molecule has 3 aliphatic rings. The van der Waals surface area contributed by atoms with Crippen LogP contribution in [0.25, 0.3) is 11.6 Å². The number of carboxylic acid groups (broad SMARTS) is 1. The maximum Gasteiger partial charge on any atom is 0.310 e. The Morgan fingerprint density at radius 2 is 1.88 bits per heavy atom. The van der Waals surface area contributed by atoms with Crippen LogP contribution in [-0.4, -0.2) is 53.6 Å². The Kier molecular flexibility index (Phi) is 5.44. The van der Waals surface area contributed by atoms with E-state index in [1.807, 2.05) is 0 Å². The molecule has 178 valence electrons. The summed E-state index contributed by atoms with van der Waals surface area (Å²) in [5.74, 6) is -2.56. The van der Waals surface area contributed by atoms with Crippen LogP contribution in [0.1, 0.15) is 71.4 Å². The Morgan fingerprint density at radius 1 is 1.15 bits per heavy atom. The zero-order valence-electron chi connectivity index (χ0n) is 18.7. The van der Waals surface area contributed by atoms with Crippen LogP contribution in [0.4, 0.5) is 5.69 Å². The number of carbonyl (C=O) groups excluding carboxylic acids is 2. The average Bonchev–Trinajstić information content (AvgIpc) is 3.52. The van der Waals surface area contributed by atoms with Crippen molar-refractivity contribution in [1.82, 2.24) is 9.29 Å². The number of nitrogens with zero attached hydrogens (tertiary/aromatic N) is 1. The zero-order chi connectivity index (χ0) is 24.2. The Balaban J connectivity index is 1.63. The molecule has 1 unspecified atom stereocenters. The fourth-order valence-electron chi connectivity index (χ4n) is 5.03. The maximum absolute atomic E-state index is 13.1. The topological polar surface area (TPSA) is 137 Å². The van der Waals surface area contributed by atoms with E-state index in [1.54, 1.807) is 6.07 Å². The second-order valence-electron chi connectivity index (χ2n) is 8.97. The third-order valence-corrected chi connectivity index (χ3v) is 8.72. The quantitative estimate of drug-likeness (QED) is 0.559. The molecule has 34 heavy (non-hydrogen) atoms. The second-order valence-corrected chi connectivity index (χ2v) is 10.9. The van der Waals surface area contributed by atoms with E-state index in [9.17, 15) is 27.9 Å². The van der Waals surface area contributed by atoms with E-state index in [-0.39, 0.29) is 16.3 Å². The first-order valence-electron chi connectivity index (χ1n) is 11.4. The van der Waals surface area contributed by atoms with Gasteiger partial charge in [0.15, 0.2) is 5.78 Å². The smallest absolute Gasteiger partial charge is 0.310 e. The van der Waals surface area contributed by atoms with Gasteiger partial charge in [-0.3, -0.25) is 14.4 Å². The maximum atomic E-state index is 13.1. The fraction of sp³-hybridized carbons (Fsp3) is 0.375.